The smallest absolute Gasteiger partial charge is 0.317 e. The van der Waals surface area contributed by atoms with Crippen molar-refractivity contribution in [2.24, 2.45) is 0 Å². The van der Waals surface area contributed by atoms with Gasteiger partial charge in [0.15, 0.2) is 0 Å². The van der Waals surface area contributed by atoms with Crippen molar-refractivity contribution in [3.05, 3.63) is 54.4 Å². The summed E-state index contributed by atoms with van der Waals surface area (Å²) in [6, 6.07) is 14.1. The first-order valence-corrected chi connectivity index (χ1v) is 13.1. The lowest BCUT2D eigenvalue weighted by molar-refractivity contribution is 0.194. The Hall–Kier alpha value is -3.06. The molecule has 0 bridgehead atoms. The number of nitrogens with one attached hydrogen (secondary N) is 1. The van der Waals surface area contributed by atoms with Crippen LogP contribution in [-0.4, -0.2) is 77.3 Å². The number of amides is 2. The lowest BCUT2D eigenvalue weighted by Crippen LogP contribution is -2.52. The number of carbonyl (C=O) groups excluding carboxylic acids is 1. The molecule has 2 aromatic heterocycles. The maximum Gasteiger partial charge on any atom is 0.317 e. The maximum absolute atomic E-state index is 12.3. The monoisotopic (exact) mass is 474 g/mol. The van der Waals surface area contributed by atoms with Crippen LogP contribution in [-0.2, 0) is 0 Å². The minimum absolute atomic E-state index is 0.0503. The molecule has 2 aliphatic heterocycles. The minimum atomic E-state index is 0.0503. The molecule has 3 aromatic rings. The van der Waals surface area contributed by atoms with Crippen molar-refractivity contribution in [1.29, 1.82) is 0 Å². The van der Waals surface area contributed by atoms with Gasteiger partial charge >= 0.3 is 6.03 Å². The molecule has 4 heterocycles. The first-order valence-electron chi connectivity index (χ1n) is 13.1. The van der Waals surface area contributed by atoms with Gasteiger partial charge in [0.1, 0.15) is 0 Å². The third-order valence-corrected chi connectivity index (χ3v) is 7.59. The van der Waals surface area contributed by atoms with Crippen LogP contribution in [0.5, 0.6) is 0 Å². The topological polar surface area (TPSA) is 56.1 Å². The van der Waals surface area contributed by atoms with E-state index < -0.39 is 0 Å². The van der Waals surface area contributed by atoms with Crippen LogP contribution >= 0.6 is 0 Å². The molecular formula is C28H38N6O. The van der Waals surface area contributed by atoms with E-state index in [9.17, 15) is 4.79 Å². The predicted molar refractivity (Wildman–Crippen MR) is 142 cm³/mol. The molecule has 0 aliphatic carbocycles. The first kappa shape index (κ1) is 23.7. The Labute approximate surface area is 208 Å². The average molecular weight is 475 g/mol. The van der Waals surface area contributed by atoms with Crippen LogP contribution in [0.1, 0.15) is 45.1 Å². The molecular weight excluding hydrogens is 436 g/mol. The SMILES string of the molecule is CCCNC(=O)N1CCN(c2ccnn3cc(-c4ccc([C@@H]5CCN(C(C)C)C5)cc4)cc23)CC1. The van der Waals surface area contributed by atoms with Crippen LogP contribution in [0.4, 0.5) is 10.5 Å². The number of aromatic nitrogens is 2. The Bertz CT molecular complexity index is 1150. The Morgan fingerprint density at radius 3 is 2.51 bits per heavy atom. The minimum Gasteiger partial charge on any atom is -0.366 e. The summed E-state index contributed by atoms with van der Waals surface area (Å²) in [5.41, 5.74) is 6.14. The molecule has 0 saturated carbocycles. The molecule has 2 aliphatic rings. The first-order chi connectivity index (χ1) is 17.0. The van der Waals surface area contributed by atoms with Crippen molar-refractivity contribution < 1.29 is 4.79 Å². The van der Waals surface area contributed by atoms with Gasteiger partial charge < -0.3 is 20.0 Å². The Balaban J connectivity index is 1.29. The largest absolute Gasteiger partial charge is 0.366 e. The number of fused-ring (bicyclic) bond motifs is 1. The lowest BCUT2D eigenvalue weighted by Gasteiger charge is -2.36. The highest BCUT2D eigenvalue weighted by Gasteiger charge is 2.26. The van der Waals surface area contributed by atoms with E-state index in [1.807, 2.05) is 15.6 Å². The van der Waals surface area contributed by atoms with E-state index in [4.69, 9.17) is 0 Å². The number of anilines is 1. The number of nitrogens with zero attached hydrogens (tertiary/aromatic N) is 5. The van der Waals surface area contributed by atoms with E-state index >= 15 is 0 Å². The highest BCUT2D eigenvalue weighted by Crippen LogP contribution is 2.32. The van der Waals surface area contributed by atoms with E-state index in [1.54, 1.807) is 0 Å². The molecule has 7 nitrogen and oxygen atoms in total. The number of hydrogen-bond donors (Lipinski definition) is 1. The van der Waals surface area contributed by atoms with Crippen molar-refractivity contribution in [1.82, 2.24) is 24.7 Å². The van der Waals surface area contributed by atoms with Crippen molar-refractivity contribution in [3.63, 3.8) is 0 Å². The fourth-order valence-electron chi connectivity index (χ4n) is 5.40. The van der Waals surface area contributed by atoms with Gasteiger partial charge in [-0.2, -0.15) is 5.10 Å². The van der Waals surface area contributed by atoms with E-state index in [0.717, 1.165) is 51.2 Å². The molecule has 0 unspecified atom stereocenters. The number of carbonyl (C=O) groups is 1. The Morgan fingerprint density at radius 2 is 1.83 bits per heavy atom. The number of benzene rings is 1. The summed E-state index contributed by atoms with van der Waals surface area (Å²) in [5, 5.41) is 7.56. The van der Waals surface area contributed by atoms with Crippen molar-refractivity contribution in [2.45, 2.75) is 45.6 Å². The van der Waals surface area contributed by atoms with Crippen molar-refractivity contribution in [3.8, 4) is 11.1 Å². The maximum atomic E-state index is 12.3. The summed E-state index contributed by atoms with van der Waals surface area (Å²) < 4.78 is 1.98. The molecule has 1 aromatic carbocycles. The van der Waals surface area contributed by atoms with Gasteiger partial charge in [0.2, 0.25) is 0 Å². The van der Waals surface area contributed by atoms with Crippen LogP contribution in [0.2, 0.25) is 0 Å². The predicted octanol–water partition coefficient (Wildman–Crippen LogP) is 4.44. The molecule has 35 heavy (non-hydrogen) atoms. The van der Waals surface area contributed by atoms with Crippen LogP contribution < -0.4 is 10.2 Å². The second-order valence-corrected chi connectivity index (χ2v) is 10.2. The summed E-state index contributed by atoms with van der Waals surface area (Å²) in [6.07, 6.45) is 6.19. The fraction of sp³-hybridized carbons (Fsp3) is 0.500. The molecule has 1 atom stereocenters. The van der Waals surface area contributed by atoms with Crippen LogP contribution in [0.15, 0.2) is 48.8 Å². The standard InChI is InChI=1S/C28H38N6O/c1-4-11-29-28(35)32-16-14-31(15-17-32)26-9-12-30-34-20-25(18-27(26)34)23-7-5-22(6-8-23)24-10-13-33(19-24)21(2)3/h5-9,12,18,20-21,24H,4,10-11,13-17,19H2,1-3H3,(H,29,35)/t24-/m1/s1. The lowest BCUT2D eigenvalue weighted by atomic mass is 9.96. The zero-order valence-corrected chi connectivity index (χ0v) is 21.3. The van der Waals surface area contributed by atoms with Gasteiger partial charge in [0, 0.05) is 63.3 Å². The molecule has 2 amide bonds. The third-order valence-electron chi connectivity index (χ3n) is 7.59. The van der Waals surface area contributed by atoms with Gasteiger partial charge in [-0.1, -0.05) is 31.2 Å². The van der Waals surface area contributed by atoms with E-state index in [-0.39, 0.29) is 6.03 Å². The normalized spacial score (nSPS) is 19.1. The highest BCUT2D eigenvalue weighted by atomic mass is 16.2. The quantitative estimate of drug-likeness (QED) is 0.574. The van der Waals surface area contributed by atoms with Gasteiger partial charge in [0.25, 0.3) is 0 Å². The number of piperazine rings is 1. The molecule has 2 fully saturated rings. The van der Waals surface area contributed by atoms with Crippen molar-refractivity contribution >= 4 is 17.2 Å². The van der Waals surface area contributed by atoms with Gasteiger partial charge in [-0.15, -0.1) is 0 Å². The van der Waals surface area contributed by atoms with Crippen LogP contribution in [0.3, 0.4) is 0 Å². The summed E-state index contributed by atoms with van der Waals surface area (Å²) >= 11 is 0. The summed E-state index contributed by atoms with van der Waals surface area (Å²) in [6.45, 7) is 12.8. The van der Waals surface area contributed by atoms with Gasteiger partial charge in [-0.05, 0) is 62.4 Å². The molecule has 186 valence electrons. The van der Waals surface area contributed by atoms with Crippen LogP contribution in [0, 0.1) is 0 Å². The van der Waals surface area contributed by atoms with Crippen molar-refractivity contribution in [2.75, 3.05) is 50.7 Å². The number of rotatable bonds is 6. The zero-order valence-electron chi connectivity index (χ0n) is 21.3. The third kappa shape index (κ3) is 5.01. The number of hydrogen-bond acceptors (Lipinski definition) is 4. The van der Waals surface area contributed by atoms with E-state index in [2.05, 4.69) is 83.6 Å². The molecule has 0 spiro atoms. The van der Waals surface area contributed by atoms with Gasteiger partial charge in [-0.3, -0.25) is 0 Å². The zero-order chi connectivity index (χ0) is 24.4. The summed E-state index contributed by atoms with van der Waals surface area (Å²) in [7, 11) is 0. The molecule has 2 saturated heterocycles. The van der Waals surface area contributed by atoms with Gasteiger partial charge in [0.05, 0.1) is 11.2 Å². The van der Waals surface area contributed by atoms with E-state index in [0.29, 0.717) is 12.0 Å². The fourth-order valence-corrected chi connectivity index (χ4v) is 5.40. The second-order valence-electron chi connectivity index (χ2n) is 10.2. The summed E-state index contributed by atoms with van der Waals surface area (Å²) in [5.74, 6) is 0.635. The second kappa shape index (κ2) is 10.3. The number of urea groups is 1. The Morgan fingerprint density at radius 1 is 1.06 bits per heavy atom. The Kier molecular flexibility index (Phi) is 6.95. The van der Waals surface area contributed by atoms with E-state index in [1.165, 1.54) is 35.3 Å². The van der Waals surface area contributed by atoms with Gasteiger partial charge in [-0.25, -0.2) is 9.31 Å². The average Bonchev–Trinajstić information content (AvgIpc) is 3.55. The van der Waals surface area contributed by atoms with Crippen LogP contribution in [0.25, 0.3) is 16.6 Å². The highest BCUT2D eigenvalue weighted by molar-refractivity contribution is 5.80. The number of likely N-dealkylation sites (tertiary alicyclic amines) is 1. The molecule has 7 heteroatoms. The summed E-state index contributed by atoms with van der Waals surface area (Å²) in [4.78, 5) is 19.2. The molecule has 0 radical (unpaired) electrons. The molecule has 5 rings (SSSR count). The molecule has 1 N–H and O–H groups in total.